The number of hydrogen-bond acceptors (Lipinski definition) is 3. The van der Waals surface area contributed by atoms with Gasteiger partial charge in [0, 0.05) is 5.69 Å². The first-order valence-corrected chi connectivity index (χ1v) is 4.66. The molecule has 6 heteroatoms. The van der Waals surface area contributed by atoms with E-state index in [1.165, 1.54) is 5.56 Å². The number of carbonyl (C=O) groups excluding carboxylic acids is 1. The summed E-state index contributed by atoms with van der Waals surface area (Å²) in [5.74, 6) is 4.93. The maximum absolute atomic E-state index is 11.3. The highest BCUT2D eigenvalue weighted by molar-refractivity contribution is 5.86. The van der Waals surface area contributed by atoms with Crippen LogP contribution in [0.5, 0.6) is 0 Å². The number of anilines is 1. The summed E-state index contributed by atoms with van der Waals surface area (Å²) < 4.78 is 0. The van der Waals surface area contributed by atoms with Gasteiger partial charge in [0.2, 0.25) is 0 Å². The lowest BCUT2D eigenvalue weighted by molar-refractivity contribution is -0.122. The maximum atomic E-state index is 11.3. The number of aryl methyl sites for hydroxylation is 1. The van der Waals surface area contributed by atoms with Gasteiger partial charge in [0.1, 0.15) is 6.04 Å². The van der Waals surface area contributed by atoms with Crippen molar-refractivity contribution in [2.24, 2.45) is 5.84 Å². The molecular formula is C10H15Cl2N3O. The second kappa shape index (κ2) is 6.58. The molecule has 0 saturated heterocycles. The van der Waals surface area contributed by atoms with Crippen LogP contribution in [0.25, 0.3) is 0 Å². The lowest BCUT2D eigenvalue weighted by Crippen LogP contribution is -2.44. The number of benzene rings is 1. The minimum atomic E-state index is -0.199. The van der Waals surface area contributed by atoms with E-state index in [-0.39, 0.29) is 36.8 Å². The molecule has 90 valence electrons. The van der Waals surface area contributed by atoms with Crippen LogP contribution in [0.4, 0.5) is 5.69 Å². The number of nitrogens with two attached hydrogens (primary N) is 1. The standard InChI is InChI=1S/C10H13N3O.2ClH/c11-13-10(14)9-6-5-7-3-1-2-4-8(7)12-9;;/h1-4,9,12H,5-6,11H2,(H,13,14);2*1H. The zero-order valence-electron chi connectivity index (χ0n) is 8.60. The number of nitrogens with one attached hydrogen (secondary N) is 2. The monoisotopic (exact) mass is 263 g/mol. The highest BCUT2D eigenvalue weighted by Gasteiger charge is 2.22. The minimum Gasteiger partial charge on any atom is -0.373 e. The Balaban J connectivity index is 0.00000112. The summed E-state index contributed by atoms with van der Waals surface area (Å²) in [6, 6.07) is 7.80. The van der Waals surface area contributed by atoms with Crippen molar-refractivity contribution in [3.05, 3.63) is 29.8 Å². The first-order chi connectivity index (χ1) is 6.81. The van der Waals surface area contributed by atoms with Crippen molar-refractivity contribution in [3.8, 4) is 0 Å². The van der Waals surface area contributed by atoms with E-state index < -0.39 is 0 Å². The SMILES string of the molecule is Cl.Cl.NNC(=O)C1CCc2ccccc2N1. The zero-order chi connectivity index (χ0) is 9.97. The highest BCUT2D eigenvalue weighted by atomic mass is 35.5. The van der Waals surface area contributed by atoms with Gasteiger partial charge >= 0.3 is 0 Å². The van der Waals surface area contributed by atoms with Gasteiger partial charge in [-0.05, 0) is 24.5 Å². The molecule has 0 spiro atoms. The van der Waals surface area contributed by atoms with Crippen molar-refractivity contribution in [2.75, 3.05) is 5.32 Å². The molecule has 2 rings (SSSR count). The molecule has 4 N–H and O–H groups in total. The summed E-state index contributed by atoms with van der Waals surface area (Å²) in [6.45, 7) is 0. The number of hydrogen-bond donors (Lipinski definition) is 3. The maximum Gasteiger partial charge on any atom is 0.256 e. The molecule has 0 saturated carbocycles. The van der Waals surface area contributed by atoms with Gasteiger partial charge in [0.25, 0.3) is 5.91 Å². The highest BCUT2D eigenvalue weighted by Crippen LogP contribution is 2.23. The Bertz CT molecular complexity index is 360. The second-order valence-electron chi connectivity index (χ2n) is 3.40. The van der Waals surface area contributed by atoms with Crippen molar-refractivity contribution in [2.45, 2.75) is 18.9 Å². The van der Waals surface area contributed by atoms with Crippen molar-refractivity contribution in [3.63, 3.8) is 0 Å². The Morgan fingerprint density at radius 1 is 1.38 bits per heavy atom. The Labute approximate surface area is 107 Å². The van der Waals surface area contributed by atoms with E-state index in [1.54, 1.807) is 0 Å². The number of rotatable bonds is 1. The number of amides is 1. The van der Waals surface area contributed by atoms with Gasteiger partial charge < -0.3 is 5.32 Å². The van der Waals surface area contributed by atoms with Crippen LogP contribution in [0.3, 0.4) is 0 Å². The number of carbonyl (C=O) groups is 1. The summed E-state index contributed by atoms with van der Waals surface area (Å²) in [4.78, 5) is 11.3. The van der Waals surface area contributed by atoms with Gasteiger partial charge in [0.05, 0.1) is 0 Å². The van der Waals surface area contributed by atoms with Crippen LogP contribution >= 0.6 is 24.8 Å². The normalized spacial score (nSPS) is 16.9. The third kappa shape index (κ3) is 3.01. The van der Waals surface area contributed by atoms with Crippen molar-refractivity contribution in [1.29, 1.82) is 0 Å². The fourth-order valence-corrected chi connectivity index (χ4v) is 1.74. The molecule has 1 amide bonds. The third-order valence-electron chi connectivity index (χ3n) is 2.51. The topological polar surface area (TPSA) is 67.1 Å². The van der Waals surface area contributed by atoms with Gasteiger partial charge in [-0.3, -0.25) is 10.2 Å². The van der Waals surface area contributed by atoms with Crippen LogP contribution in [-0.4, -0.2) is 11.9 Å². The molecule has 1 unspecified atom stereocenters. The van der Waals surface area contributed by atoms with Gasteiger partial charge in [0.15, 0.2) is 0 Å². The Hall–Kier alpha value is -0.970. The van der Waals surface area contributed by atoms with Crippen LogP contribution < -0.4 is 16.6 Å². The molecule has 1 aromatic rings. The quantitative estimate of drug-likeness (QED) is 0.406. The largest absolute Gasteiger partial charge is 0.373 e. The smallest absolute Gasteiger partial charge is 0.256 e. The van der Waals surface area contributed by atoms with E-state index in [0.29, 0.717) is 0 Å². The summed E-state index contributed by atoms with van der Waals surface area (Å²) in [7, 11) is 0. The molecule has 0 fully saturated rings. The zero-order valence-corrected chi connectivity index (χ0v) is 10.2. The molecule has 0 aliphatic carbocycles. The summed E-state index contributed by atoms with van der Waals surface area (Å²) in [5.41, 5.74) is 4.46. The van der Waals surface area contributed by atoms with Crippen molar-refractivity contribution < 1.29 is 4.79 Å². The van der Waals surface area contributed by atoms with E-state index in [4.69, 9.17) is 5.84 Å². The molecule has 16 heavy (non-hydrogen) atoms. The number of fused-ring (bicyclic) bond motifs is 1. The van der Waals surface area contributed by atoms with Crippen LogP contribution in [0.2, 0.25) is 0 Å². The number of para-hydroxylation sites is 1. The van der Waals surface area contributed by atoms with Gasteiger partial charge in [-0.2, -0.15) is 0 Å². The van der Waals surface area contributed by atoms with Crippen LogP contribution in [0, 0.1) is 0 Å². The minimum absolute atomic E-state index is 0. The summed E-state index contributed by atoms with van der Waals surface area (Å²) in [6.07, 6.45) is 1.71. The van der Waals surface area contributed by atoms with Gasteiger partial charge in [-0.1, -0.05) is 18.2 Å². The van der Waals surface area contributed by atoms with Crippen molar-refractivity contribution in [1.82, 2.24) is 5.43 Å². The number of hydrazine groups is 1. The lowest BCUT2D eigenvalue weighted by Gasteiger charge is -2.25. The molecule has 0 bridgehead atoms. The van der Waals surface area contributed by atoms with Crippen LogP contribution in [0.15, 0.2) is 24.3 Å². The van der Waals surface area contributed by atoms with E-state index in [2.05, 4.69) is 16.8 Å². The number of halogens is 2. The van der Waals surface area contributed by atoms with Gasteiger partial charge in [-0.25, -0.2) is 5.84 Å². The molecule has 1 heterocycles. The average molecular weight is 264 g/mol. The van der Waals surface area contributed by atoms with E-state index >= 15 is 0 Å². The fraction of sp³-hybridized carbons (Fsp3) is 0.300. The molecule has 1 aromatic carbocycles. The van der Waals surface area contributed by atoms with Crippen LogP contribution in [0.1, 0.15) is 12.0 Å². The van der Waals surface area contributed by atoms with E-state index in [1.807, 2.05) is 18.2 Å². The predicted octanol–water partition coefficient (Wildman–Crippen LogP) is 1.25. The lowest BCUT2D eigenvalue weighted by atomic mass is 9.98. The Kier molecular flexibility index (Phi) is 6.18. The van der Waals surface area contributed by atoms with E-state index in [9.17, 15) is 4.79 Å². The first-order valence-electron chi connectivity index (χ1n) is 4.66. The Morgan fingerprint density at radius 3 is 2.75 bits per heavy atom. The van der Waals surface area contributed by atoms with Gasteiger partial charge in [-0.15, -0.1) is 24.8 Å². The molecule has 1 aliphatic heterocycles. The molecular weight excluding hydrogens is 249 g/mol. The molecule has 4 nitrogen and oxygen atoms in total. The molecule has 0 radical (unpaired) electrons. The predicted molar refractivity (Wildman–Crippen MR) is 69.0 cm³/mol. The fourth-order valence-electron chi connectivity index (χ4n) is 1.74. The molecule has 1 atom stereocenters. The van der Waals surface area contributed by atoms with E-state index in [0.717, 1.165) is 18.5 Å². The first kappa shape index (κ1) is 15.0. The third-order valence-corrected chi connectivity index (χ3v) is 2.51. The summed E-state index contributed by atoms with van der Waals surface area (Å²) >= 11 is 0. The molecule has 0 aromatic heterocycles. The molecule has 1 aliphatic rings. The van der Waals surface area contributed by atoms with Crippen molar-refractivity contribution >= 4 is 36.4 Å². The second-order valence-corrected chi connectivity index (χ2v) is 3.40. The average Bonchev–Trinajstić information content (AvgIpc) is 2.27. The van der Waals surface area contributed by atoms with Crippen LogP contribution in [-0.2, 0) is 11.2 Å². The Morgan fingerprint density at radius 2 is 2.06 bits per heavy atom. The summed E-state index contributed by atoms with van der Waals surface area (Å²) in [5, 5.41) is 3.16.